The van der Waals surface area contributed by atoms with Crippen LogP contribution in [-0.2, 0) is 16.7 Å². The number of alkyl halides is 3. The summed E-state index contributed by atoms with van der Waals surface area (Å²) >= 11 is 0. The maximum atomic E-state index is 14.6. The maximum Gasteiger partial charge on any atom is 0.417 e. The number of benzene rings is 1. The van der Waals surface area contributed by atoms with Crippen LogP contribution >= 0.6 is 0 Å². The molecule has 2 heterocycles. The number of ether oxygens (including phenoxy) is 1. The topological polar surface area (TPSA) is 25.4 Å². The van der Waals surface area contributed by atoms with Crippen LogP contribution in [0.15, 0.2) is 42.6 Å². The van der Waals surface area contributed by atoms with E-state index in [1.54, 1.807) is 25.3 Å². The summed E-state index contributed by atoms with van der Waals surface area (Å²) in [6.45, 7) is 9.50. The Balaban J connectivity index is 1.96. The first-order chi connectivity index (χ1) is 15.3. The summed E-state index contributed by atoms with van der Waals surface area (Å²) in [5.74, 6) is -0.358. The van der Waals surface area contributed by atoms with Crippen LogP contribution in [0.1, 0.15) is 57.4 Å². The summed E-state index contributed by atoms with van der Waals surface area (Å²) < 4.78 is 62.5. The molecule has 0 saturated carbocycles. The molecule has 3 nitrogen and oxygen atoms in total. The van der Waals surface area contributed by atoms with E-state index in [4.69, 9.17) is 4.74 Å². The van der Waals surface area contributed by atoms with E-state index in [0.29, 0.717) is 19.4 Å². The highest BCUT2D eigenvalue weighted by molar-refractivity contribution is 5.23. The molecule has 182 valence electrons. The van der Waals surface area contributed by atoms with Crippen molar-refractivity contribution in [2.45, 2.75) is 71.2 Å². The zero-order valence-electron chi connectivity index (χ0n) is 20.1. The number of likely N-dealkylation sites (tertiary alicyclic amines) is 1. The van der Waals surface area contributed by atoms with Crippen molar-refractivity contribution in [1.82, 2.24) is 9.88 Å². The van der Waals surface area contributed by atoms with Crippen LogP contribution in [0.3, 0.4) is 0 Å². The number of hydrogen-bond donors (Lipinski definition) is 0. The molecule has 1 saturated heterocycles. The Labute approximate surface area is 194 Å². The van der Waals surface area contributed by atoms with Gasteiger partial charge in [-0.05, 0) is 89.8 Å². The smallest absolute Gasteiger partial charge is 0.365 e. The number of nitrogens with zero attached hydrogens (tertiary/aromatic N) is 2. The minimum absolute atomic E-state index is 0.0282. The molecule has 1 aromatic carbocycles. The molecule has 1 aliphatic rings. The van der Waals surface area contributed by atoms with Crippen molar-refractivity contribution in [3.05, 3.63) is 65.2 Å². The van der Waals surface area contributed by atoms with Gasteiger partial charge in [-0.25, -0.2) is 4.39 Å². The van der Waals surface area contributed by atoms with E-state index in [9.17, 15) is 17.6 Å². The molecule has 1 aliphatic heterocycles. The maximum absolute atomic E-state index is 14.6. The number of halogens is 4. The van der Waals surface area contributed by atoms with Crippen molar-refractivity contribution in [3.8, 4) is 0 Å². The molecular formula is C26H34F4N2O. The second kappa shape index (κ2) is 9.34. The molecule has 2 unspecified atom stereocenters. The quantitative estimate of drug-likeness (QED) is 0.418. The van der Waals surface area contributed by atoms with Crippen molar-refractivity contribution in [2.24, 2.45) is 5.41 Å². The van der Waals surface area contributed by atoms with Gasteiger partial charge in [0.2, 0.25) is 0 Å². The van der Waals surface area contributed by atoms with Crippen molar-refractivity contribution in [2.75, 3.05) is 19.7 Å². The Bertz CT molecular complexity index is 927. The van der Waals surface area contributed by atoms with E-state index in [-0.39, 0.29) is 25.4 Å². The van der Waals surface area contributed by atoms with Gasteiger partial charge in [0.1, 0.15) is 5.82 Å². The second-order valence-electron chi connectivity index (χ2n) is 9.79. The number of pyridine rings is 1. The molecule has 0 radical (unpaired) electrons. The molecule has 3 rings (SSSR count). The van der Waals surface area contributed by atoms with Crippen LogP contribution in [0.25, 0.3) is 0 Å². The number of aryl methyl sites for hydroxylation is 2. The van der Waals surface area contributed by atoms with Crippen LogP contribution in [-0.4, -0.2) is 41.4 Å². The van der Waals surface area contributed by atoms with Crippen LogP contribution in [0, 0.1) is 18.2 Å². The Morgan fingerprint density at radius 2 is 1.73 bits per heavy atom. The summed E-state index contributed by atoms with van der Waals surface area (Å²) in [5, 5.41) is 0. The summed E-state index contributed by atoms with van der Waals surface area (Å²) in [7, 11) is 0. The molecular weight excluding hydrogens is 432 g/mol. The highest BCUT2D eigenvalue weighted by Crippen LogP contribution is 2.55. The normalized spacial score (nSPS) is 21.8. The first-order valence-electron chi connectivity index (χ1n) is 11.5. The van der Waals surface area contributed by atoms with Gasteiger partial charge in [-0.15, -0.1) is 0 Å². The van der Waals surface area contributed by atoms with E-state index >= 15 is 0 Å². The highest BCUT2D eigenvalue weighted by atomic mass is 19.4. The third-order valence-corrected chi connectivity index (χ3v) is 7.55. The summed E-state index contributed by atoms with van der Waals surface area (Å²) in [6.07, 6.45) is -1.67. The lowest BCUT2D eigenvalue weighted by molar-refractivity contribution is -0.311. The molecule has 7 heteroatoms. The average molecular weight is 467 g/mol. The minimum Gasteiger partial charge on any atom is -0.365 e. The van der Waals surface area contributed by atoms with Crippen LogP contribution < -0.4 is 0 Å². The van der Waals surface area contributed by atoms with Crippen LogP contribution in [0.5, 0.6) is 0 Å². The summed E-state index contributed by atoms with van der Waals surface area (Å²) in [4.78, 5) is 6.51. The molecule has 0 spiro atoms. The van der Waals surface area contributed by atoms with Crippen molar-refractivity contribution in [1.29, 1.82) is 0 Å². The third-order valence-electron chi connectivity index (χ3n) is 7.55. The minimum atomic E-state index is -4.53. The molecule has 0 N–H and O–H groups in total. The molecule has 1 fully saturated rings. The van der Waals surface area contributed by atoms with E-state index in [2.05, 4.69) is 9.88 Å². The molecule has 1 aromatic heterocycles. The van der Waals surface area contributed by atoms with Gasteiger partial charge in [0.15, 0.2) is 5.60 Å². The zero-order chi connectivity index (χ0) is 24.5. The summed E-state index contributed by atoms with van der Waals surface area (Å²) in [5.41, 5.74) is -1.26. The lowest BCUT2D eigenvalue weighted by atomic mass is 9.67. The fraction of sp³-hybridized carbons (Fsp3) is 0.577. The Hall–Kier alpha value is -1.99. The first kappa shape index (κ1) is 25.6. The van der Waals surface area contributed by atoms with Crippen LogP contribution in [0.4, 0.5) is 17.6 Å². The van der Waals surface area contributed by atoms with E-state index in [1.165, 1.54) is 19.1 Å². The largest absolute Gasteiger partial charge is 0.417 e. The van der Waals surface area contributed by atoms with E-state index < -0.39 is 22.7 Å². The van der Waals surface area contributed by atoms with E-state index in [0.717, 1.165) is 16.8 Å². The Morgan fingerprint density at radius 3 is 2.27 bits per heavy atom. The molecule has 0 amide bonds. The van der Waals surface area contributed by atoms with Gasteiger partial charge in [0, 0.05) is 36.0 Å². The predicted octanol–water partition coefficient (Wildman–Crippen LogP) is 6.45. The van der Waals surface area contributed by atoms with Gasteiger partial charge in [-0.1, -0.05) is 18.2 Å². The zero-order valence-corrected chi connectivity index (χ0v) is 20.1. The van der Waals surface area contributed by atoms with Gasteiger partial charge in [-0.3, -0.25) is 9.88 Å². The number of aromatic nitrogens is 1. The van der Waals surface area contributed by atoms with Gasteiger partial charge in [0.05, 0.1) is 0 Å². The fourth-order valence-corrected chi connectivity index (χ4v) is 5.05. The van der Waals surface area contributed by atoms with Crippen molar-refractivity contribution >= 4 is 0 Å². The second-order valence-corrected chi connectivity index (χ2v) is 9.79. The molecule has 0 bridgehead atoms. The fourth-order valence-electron chi connectivity index (χ4n) is 5.05. The molecule has 0 aliphatic carbocycles. The molecule has 2 atom stereocenters. The standard InChI is InChI=1S/C26H34F4N2O/c1-6-33-24(5,26(28,29)30)25(14-13-20-8-11-22(27)12-9-20)15-16-32(18-25)23(3,4)21-10-7-19(2)31-17-21/h7-12,17H,6,13-16,18H2,1-5H3. The first-order valence-corrected chi connectivity index (χ1v) is 11.5. The summed E-state index contributed by atoms with van der Waals surface area (Å²) in [6, 6.07) is 9.90. The lowest BCUT2D eigenvalue weighted by Crippen LogP contribution is -2.60. The Morgan fingerprint density at radius 1 is 1.06 bits per heavy atom. The number of rotatable bonds is 8. The average Bonchev–Trinajstić information content (AvgIpc) is 3.20. The highest BCUT2D eigenvalue weighted by Gasteiger charge is 2.66. The van der Waals surface area contributed by atoms with E-state index in [1.807, 2.05) is 32.9 Å². The SMILES string of the molecule is CCOC(C)(C(F)(F)F)C1(CCc2ccc(F)cc2)CCN(C(C)(C)c2ccc(C)nc2)C1. The van der Waals surface area contributed by atoms with Crippen LogP contribution in [0.2, 0.25) is 0 Å². The Kier molecular flexibility index (Phi) is 7.25. The number of hydrogen-bond acceptors (Lipinski definition) is 3. The third kappa shape index (κ3) is 4.94. The van der Waals surface area contributed by atoms with Crippen molar-refractivity contribution in [3.63, 3.8) is 0 Å². The molecule has 33 heavy (non-hydrogen) atoms. The monoisotopic (exact) mass is 466 g/mol. The van der Waals surface area contributed by atoms with Crippen molar-refractivity contribution < 1.29 is 22.3 Å². The molecule has 2 aromatic rings. The van der Waals surface area contributed by atoms with Gasteiger partial charge in [-0.2, -0.15) is 13.2 Å². The van der Waals surface area contributed by atoms with Gasteiger partial charge in [0.25, 0.3) is 0 Å². The van der Waals surface area contributed by atoms with Gasteiger partial charge < -0.3 is 4.74 Å². The van der Waals surface area contributed by atoms with Gasteiger partial charge >= 0.3 is 6.18 Å². The lowest BCUT2D eigenvalue weighted by Gasteiger charge is -2.48. The predicted molar refractivity (Wildman–Crippen MR) is 121 cm³/mol.